The Kier molecular flexibility index (Phi) is 1.83. The number of nitrogens with zero attached hydrogens (tertiary/aromatic N) is 1. The third kappa shape index (κ3) is 1.22. The summed E-state index contributed by atoms with van der Waals surface area (Å²) in [4.78, 5) is 13.0. The smallest absolute Gasteiger partial charge is 0.308 e. The van der Waals surface area contributed by atoms with E-state index in [1.807, 2.05) is 0 Å². The Labute approximate surface area is 72.4 Å². The first-order valence-electron chi connectivity index (χ1n) is 4.65. The summed E-state index contributed by atoms with van der Waals surface area (Å²) >= 11 is 0. The first kappa shape index (κ1) is 8.05. The van der Waals surface area contributed by atoms with Gasteiger partial charge in [0.25, 0.3) is 0 Å². The van der Waals surface area contributed by atoms with E-state index in [1.54, 1.807) is 0 Å². The third-order valence-corrected chi connectivity index (χ3v) is 3.20. The molecular formula is C9H15NO2. The van der Waals surface area contributed by atoms with Gasteiger partial charge in [-0.3, -0.25) is 9.69 Å². The van der Waals surface area contributed by atoms with Crippen molar-refractivity contribution in [3.63, 3.8) is 0 Å². The molecule has 2 rings (SSSR count). The van der Waals surface area contributed by atoms with E-state index >= 15 is 0 Å². The minimum Gasteiger partial charge on any atom is -0.481 e. The number of carboxylic acids is 1. The molecule has 0 spiro atoms. The van der Waals surface area contributed by atoms with Gasteiger partial charge in [0.05, 0.1) is 5.92 Å². The van der Waals surface area contributed by atoms with Gasteiger partial charge in [-0.15, -0.1) is 0 Å². The zero-order chi connectivity index (χ0) is 8.72. The van der Waals surface area contributed by atoms with Crippen LogP contribution >= 0.6 is 0 Å². The molecule has 0 saturated heterocycles. The second-order valence-corrected chi connectivity index (χ2v) is 3.99. The predicted octanol–water partition coefficient (Wildman–Crippen LogP) is 0.944. The van der Waals surface area contributed by atoms with Crippen LogP contribution < -0.4 is 0 Å². The zero-order valence-corrected chi connectivity index (χ0v) is 7.36. The molecule has 0 bridgehead atoms. The van der Waals surface area contributed by atoms with Crippen molar-refractivity contribution in [3.05, 3.63) is 0 Å². The van der Waals surface area contributed by atoms with Crippen molar-refractivity contribution >= 4 is 5.97 Å². The van der Waals surface area contributed by atoms with Gasteiger partial charge in [-0.25, -0.2) is 0 Å². The van der Waals surface area contributed by atoms with E-state index in [0.29, 0.717) is 12.1 Å². The second-order valence-electron chi connectivity index (χ2n) is 3.99. The molecule has 0 aliphatic heterocycles. The van der Waals surface area contributed by atoms with Gasteiger partial charge in [-0.05, 0) is 32.7 Å². The van der Waals surface area contributed by atoms with E-state index in [4.69, 9.17) is 5.11 Å². The molecule has 3 heteroatoms. The molecular weight excluding hydrogens is 154 g/mol. The van der Waals surface area contributed by atoms with Crippen LogP contribution in [0.5, 0.6) is 0 Å². The SMILES string of the molecule is CN(C1CC1)C1CCC1C(=O)O. The molecule has 2 unspecified atom stereocenters. The highest BCUT2D eigenvalue weighted by molar-refractivity contribution is 5.72. The molecule has 0 aromatic rings. The normalized spacial score (nSPS) is 34.8. The van der Waals surface area contributed by atoms with E-state index in [0.717, 1.165) is 12.8 Å². The van der Waals surface area contributed by atoms with Crippen LogP contribution in [0.1, 0.15) is 25.7 Å². The summed E-state index contributed by atoms with van der Waals surface area (Å²) in [6.07, 6.45) is 4.47. The molecule has 0 radical (unpaired) electrons. The molecule has 2 saturated carbocycles. The van der Waals surface area contributed by atoms with Gasteiger partial charge in [-0.2, -0.15) is 0 Å². The van der Waals surface area contributed by atoms with E-state index in [1.165, 1.54) is 12.8 Å². The molecule has 0 amide bonds. The molecule has 0 heterocycles. The molecule has 2 aliphatic rings. The monoisotopic (exact) mass is 169 g/mol. The summed E-state index contributed by atoms with van der Waals surface area (Å²) < 4.78 is 0. The number of aliphatic carboxylic acids is 1. The average molecular weight is 169 g/mol. The highest BCUT2D eigenvalue weighted by Crippen LogP contribution is 2.37. The Morgan fingerprint density at radius 1 is 1.33 bits per heavy atom. The Hall–Kier alpha value is -0.570. The van der Waals surface area contributed by atoms with Crippen molar-refractivity contribution in [2.75, 3.05) is 7.05 Å². The van der Waals surface area contributed by atoms with Crippen molar-refractivity contribution < 1.29 is 9.90 Å². The van der Waals surface area contributed by atoms with Crippen molar-refractivity contribution in [1.82, 2.24) is 4.90 Å². The Morgan fingerprint density at radius 3 is 2.33 bits per heavy atom. The van der Waals surface area contributed by atoms with Crippen molar-refractivity contribution in [2.45, 2.75) is 37.8 Å². The molecule has 68 valence electrons. The van der Waals surface area contributed by atoms with Crippen molar-refractivity contribution in [1.29, 1.82) is 0 Å². The van der Waals surface area contributed by atoms with Gasteiger partial charge >= 0.3 is 5.97 Å². The van der Waals surface area contributed by atoms with Crippen LogP contribution in [0.3, 0.4) is 0 Å². The topological polar surface area (TPSA) is 40.5 Å². The summed E-state index contributed by atoms with van der Waals surface area (Å²) in [6.45, 7) is 0. The van der Waals surface area contributed by atoms with Crippen LogP contribution in [-0.2, 0) is 4.79 Å². The molecule has 12 heavy (non-hydrogen) atoms. The van der Waals surface area contributed by atoms with Crippen LogP contribution in [-0.4, -0.2) is 35.1 Å². The fourth-order valence-electron chi connectivity index (χ4n) is 2.01. The highest BCUT2D eigenvalue weighted by atomic mass is 16.4. The Morgan fingerprint density at radius 2 is 2.00 bits per heavy atom. The van der Waals surface area contributed by atoms with Crippen LogP contribution in [0.2, 0.25) is 0 Å². The molecule has 1 N–H and O–H groups in total. The Balaban J connectivity index is 1.91. The number of hydrogen-bond acceptors (Lipinski definition) is 2. The van der Waals surface area contributed by atoms with Gasteiger partial charge in [0.2, 0.25) is 0 Å². The van der Waals surface area contributed by atoms with E-state index in [-0.39, 0.29) is 5.92 Å². The van der Waals surface area contributed by atoms with Gasteiger partial charge in [0, 0.05) is 12.1 Å². The summed E-state index contributed by atoms with van der Waals surface area (Å²) in [6, 6.07) is 1.02. The number of carbonyl (C=O) groups is 1. The lowest BCUT2D eigenvalue weighted by molar-refractivity contribution is -0.148. The van der Waals surface area contributed by atoms with Crippen LogP contribution in [0.25, 0.3) is 0 Å². The standard InChI is InChI=1S/C9H15NO2/c1-10(6-2-3-6)8-5-4-7(8)9(11)12/h6-8H,2-5H2,1H3,(H,11,12). The second kappa shape index (κ2) is 2.73. The fraction of sp³-hybridized carbons (Fsp3) is 0.889. The van der Waals surface area contributed by atoms with Gasteiger partial charge in [0.1, 0.15) is 0 Å². The molecule has 2 atom stereocenters. The van der Waals surface area contributed by atoms with Gasteiger partial charge in [-0.1, -0.05) is 0 Å². The lowest BCUT2D eigenvalue weighted by atomic mass is 9.78. The van der Waals surface area contributed by atoms with Crippen molar-refractivity contribution in [3.8, 4) is 0 Å². The summed E-state index contributed by atoms with van der Waals surface area (Å²) in [5.74, 6) is -0.700. The number of hydrogen-bond donors (Lipinski definition) is 1. The average Bonchev–Trinajstić information content (AvgIpc) is 2.62. The minimum absolute atomic E-state index is 0.0874. The third-order valence-electron chi connectivity index (χ3n) is 3.20. The van der Waals surface area contributed by atoms with E-state index in [2.05, 4.69) is 11.9 Å². The zero-order valence-electron chi connectivity index (χ0n) is 7.36. The van der Waals surface area contributed by atoms with E-state index < -0.39 is 5.97 Å². The molecule has 0 aromatic carbocycles. The molecule has 2 fully saturated rings. The maximum Gasteiger partial charge on any atom is 0.308 e. The van der Waals surface area contributed by atoms with Gasteiger partial charge < -0.3 is 5.11 Å². The maximum absolute atomic E-state index is 10.7. The summed E-state index contributed by atoms with van der Waals surface area (Å²) in [5, 5.41) is 8.83. The maximum atomic E-state index is 10.7. The van der Waals surface area contributed by atoms with Crippen LogP contribution in [0.4, 0.5) is 0 Å². The van der Waals surface area contributed by atoms with E-state index in [9.17, 15) is 4.79 Å². The molecule has 0 aromatic heterocycles. The predicted molar refractivity (Wildman–Crippen MR) is 44.9 cm³/mol. The quantitative estimate of drug-likeness (QED) is 0.683. The number of rotatable bonds is 3. The van der Waals surface area contributed by atoms with Crippen LogP contribution in [0.15, 0.2) is 0 Å². The largest absolute Gasteiger partial charge is 0.481 e. The molecule has 2 aliphatic carbocycles. The summed E-state index contributed by atoms with van der Waals surface area (Å²) in [7, 11) is 2.07. The minimum atomic E-state index is -0.612. The van der Waals surface area contributed by atoms with Crippen LogP contribution in [0, 0.1) is 5.92 Å². The fourth-order valence-corrected chi connectivity index (χ4v) is 2.01. The Bertz CT molecular complexity index is 201. The lowest BCUT2D eigenvalue weighted by Gasteiger charge is -2.40. The first-order chi connectivity index (χ1) is 5.70. The summed E-state index contributed by atoms with van der Waals surface area (Å²) in [5.41, 5.74) is 0. The highest BCUT2D eigenvalue weighted by Gasteiger charge is 2.43. The van der Waals surface area contributed by atoms with Gasteiger partial charge in [0.15, 0.2) is 0 Å². The van der Waals surface area contributed by atoms with Crippen molar-refractivity contribution in [2.24, 2.45) is 5.92 Å². The first-order valence-corrected chi connectivity index (χ1v) is 4.65. The lowest BCUT2D eigenvalue weighted by Crippen LogP contribution is -2.49. The number of carboxylic acid groups (broad SMARTS) is 1. The molecule has 3 nitrogen and oxygen atoms in total.